The van der Waals surface area contributed by atoms with E-state index in [-0.39, 0.29) is 29.0 Å². The minimum Gasteiger partial charge on any atom is -0.359 e. The van der Waals surface area contributed by atoms with Crippen LogP contribution in [0.5, 0.6) is 0 Å². The zero-order valence-corrected chi connectivity index (χ0v) is 19.6. The van der Waals surface area contributed by atoms with Crippen LogP contribution in [0.2, 0.25) is 0 Å². The first-order valence-corrected chi connectivity index (χ1v) is 11.4. The Morgan fingerprint density at radius 2 is 1.79 bits per heavy atom. The molecule has 1 unspecified atom stereocenters. The van der Waals surface area contributed by atoms with E-state index in [4.69, 9.17) is 0 Å². The lowest BCUT2D eigenvalue weighted by Crippen LogP contribution is -2.43. The first-order valence-electron chi connectivity index (χ1n) is 11.4. The van der Waals surface area contributed by atoms with Gasteiger partial charge in [0.05, 0.1) is 5.56 Å². The Balaban J connectivity index is 2.63. The highest BCUT2D eigenvalue weighted by Crippen LogP contribution is 2.19. The first kappa shape index (κ1) is 28.0. The third-order valence-electron chi connectivity index (χ3n) is 5.43. The van der Waals surface area contributed by atoms with Crippen molar-refractivity contribution in [1.82, 2.24) is 15.5 Å². The highest BCUT2D eigenvalue weighted by atomic mass is 16.2. The summed E-state index contributed by atoms with van der Waals surface area (Å²) in [5.74, 6) is -0.460. The average Bonchev–Trinajstić information content (AvgIpc) is 2.82. The van der Waals surface area contributed by atoms with Crippen molar-refractivity contribution in [3.63, 3.8) is 0 Å². The molecule has 9 heteroatoms. The summed E-state index contributed by atoms with van der Waals surface area (Å²) < 4.78 is 0. The Bertz CT molecular complexity index is 784. The summed E-state index contributed by atoms with van der Waals surface area (Å²) in [6.45, 7) is 1.20. The van der Waals surface area contributed by atoms with Gasteiger partial charge >= 0.3 is 0 Å². The molecule has 1 atom stereocenters. The number of aldehydes is 2. The van der Waals surface area contributed by atoms with E-state index in [0.29, 0.717) is 50.7 Å². The number of anilines is 1. The van der Waals surface area contributed by atoms with Crippen molar-refractivity contribution in [2.24, 2.45) is 0 Å². The van der Waals surface area contributed by atoms with Gasteiger partial charge in [0, 0.05) is 50.3 Å². The molecule has 1 aromatic rings. The van der Waals surface area contributed by atoms with Crippen LogP contribution >= 0.6 is 0 Å². The molecule has 0 aliphatic rings. The molecule has 33 heavy (non-hydrogen) atoms. The fourth-order valence-corrected chi connectivity index (χ4v) is 3.54. The van der Waals surface area contributed by atoms with Gasteiger partial charge in [-0.1, -0.05) is 19.3 Å². The molecular weight excluding hydrogens is 424 g/mol. The number of rotatable bonds is 18. The molecule has 0 heterocycles. The molecule has 0 fully saturated rings. The van der Waals surface area contributed by atoms with E-state index in [2.05, 4.69) is 16.0 Å². The molecule has 9 nitrogen and oxygen atoms in total. The Morgan fingerprint density at radius 3 is 2.45 bits per heavy atom. The van der Waals surface area contributed by atoms with Crippen molar-refractivity contribution in [1.29, 1.82) is 0 Å². The van der Waals surface area contributed by atoms with Gasteiger partial charge in [0.2, 0.25) is 12.3 Å². The molecule has 0 aliphatic heterocycles. The molecule has 0 radical (unpaired) electrons. The second-order valence-corrected chi connectivity index (χ2v) is 7.93. The van der Waals surface area contributed by atoms with Crippen molar-refractivity contribution < 1.29 is 24.0 Å². The lowest BCUT2D eigenvalue weighted by Gasteiger charge is -2.28. The van der Waals surface area contributed by atoms with Crippen LogP contribution in [0.15, 0.2) is 18.2 Å². The normalized spacial score (nSPS) is 11.3. The molecule has 1 aromatic carbocycles. The van der Waals surface area contributed by atoms with Crippen LogP contribution in [0.25, 0.3) is 0 Å². The SMILES string of the molecule is CNCC(CCC=O)N(C)C(=O)c1ccc(NC(=O)CCCCCCCNC=O)cc1C=O. The van der Waals surface area contributed by atoms with E-state index in [1.807, 2.05) is 0 Å². The minimum atomic E-state index is -0.315. The fraction of sp³-hybridized carbons (Fsp3) is 0.542. The average molecular weight is 461 g/mol. The van der Waals surface area contributed by atoms with Gasteiger partial charge in [-0.05, 0) is 44.5 Å². The van der Waals surface area contributed by atoms with Crippen LogP contribution in [0, 0.1) is 0 Å². The van der Waals surface area contributed by atoms with Crippen LogP contribution in [0.4, 0.5) is 5.69 Å². The summed E-state index contributed by atoms with van der Waals surface area (Å²) in [6, 6.07) is 4.48. The molecule has 0 bridgehead atoms. The summed E-state index contributed by atoms with van der Waals surface area (Å²) in [4.78, 5) is 59.2. The predicted molar refractivity (Wildman–Crippen MR) is 127 cm³/mol. The van der Waals surface area contributed by atoms with E-state index in [1.165, 1.54) is 11.0 Å². The number of carbonyl (C=O) groups is 5. The van der Waals surface area contributed by atoms with Crippen molar-refractivity contribution in [3.8, 4) is 0 Å². The quantitative estimate of drug-likeness (QED) is 0.228. The summed E-state index contributed by atoms with van der Waals surface area (Å²) in [5, 5.41) is 8.42. The van der Waals surface area contributed by atoms with Crippen molar-refractivity contribution in [2.45, 2.75) is 57.4 Å². The third kappa shape index (κ3) is 10.4. The van der Waals surface area contributed by atoms with E-state index < -0.39 is 0 Å². The van der Waals surface area contributed by atoms with Crippen molar-refractivity contribution in [3.05, 3.63) is 29.3 Å². The van der Waals surface area contributed by atoms with Gasteiger partial charge in [-0.2, -0.15) is 0 Å². The van der Waals surface area contributed by atoms with Crippen molar-refractivity contribution in [2.75, 3.05) is 32.5 Å². The van der Waals surface area contributed by atoms with E-state index in [9.17, 15) is 24.0 Å². The van der Waals surface area contributed by atoms with Crippen LogP contribution < -0.4 is 16.0 Å². The number of likely N-dealkylation sites (N-methyl/N-ethyl adjacent to an activating group) is 2. The van der Waals surface area contributed by atoms with Crippen LogP contribution in [0.1, 0.15) is 72.1 Å². The Kier molecular flexibility index (Phi) is 14.0. The Morgan fingerprint density at radius 1 is 1.06 bits per heavy atom. The Hall–Kier alpha value is -3.07. The summed E-state index contributed by atoms with van der Waals surface area (Å²) in [5.41, 5.74) is 0.919. The molecule has 1 rings (SSSR count). The number of carbonyl (C=O) groups excluding carboxylic acids is 5. The predicted octanol–water partition coefficient (Wildman–Crippen LogP) is 2.16. The number of amides is 3. The number of hydrogen-bond acceptors (Lipinski definition) is 6. The second kappa shape index (κ2) is 16.5. The molecule has 182 valence electrons. The molecular formula is C24H36N4O5. The van der Waals surface area contributed by atoms with Gasteiger partial charge in [-0.25, -0.2) is 0 Å². The number of unbranched alkanes of at least 4 members (excludes halogenated alkanes) is 4. The van der Waals surface area contributed by atoms with Crippen LogP contribution in [-0.2, 0) is 14.4 Å². The zero-order valence-electron chi connectivity index (χ0n) is 19.6. The minimum absolute atomic E-state index is 0.145. The van der Waals surface area contributed by atoms with Gasteiger partial charge in [0.1, 0.15) is 6.29 Å². The molecule has 0 saturated carbocycles. The van der Waals surface area contributed by atoms with Gasteiger partial charge in [-0.15, -0.1) is 0 Å². The fourth-order valence-electron chi connectivity index (χ4n) is 3.54. The van der Waals surface area contributed by atoms with Crippen LogP contribution in [-0.4, -0.2) is 68.9 Å². The molecule has 3 amide bonds. The topological polar surface area (TPSA) is 125 Å². The molecule has 0 aliphatic carbocycles. The van der Waals surface area contributed by atoms with Gasteiger partial charge in [0.25, 0.3) is 5.91 Å². The number of nitrogens with one attached hydrogen (secondary N) is 3. The maximum Gasteiger partial charge on any atom is 0.254 e. The van der Waals surface area contributed by atoms with E-state index in [0.717, 1.165) is 38.4 Å². The highest BCUT2D eigenvalue weighted by molar-refractivity contribution is 6.03. The third-order valence-corrected chi connectivity index (χ3v) is 5.43. The molecule has 3 N–H and O–H groups in total. The maximum absolute atomic E-state index is 13.0. The van der Waals surface area contributed by atoms with E-state index >= 15 is 0 Å². The number of nitrogens with zero attached hydrogens (tertiary/aromatic N) is 1. The van der Waals surface area contributed by atoms with Gasteiger partial charge in [0.15, 0.2) is 6.29 Å². The second-order valence-electron chi connectivity index (χ2n) is 7.93. The van der Waals surface area contributed by atoms with Crippen molar-refractivity contribution >= 4 is 36.5 Å². The molecule has 0 aromatic heterocycles. The summed E-state index contributed by atoms with van der Waals surface area (Å²) in [7, 11) is 3.42. The Labute approximate surface area is 195 Å². The largest absolute Gasteiger partial charge is 0.359 e. The smallest absolute Gasteiger partial charge is 0.254 e. The lowest BCUT2D eigenvalue weighted by atomic mass is 10.0. The summed E-state index contributed by atoms with van der Waals surface area (Å²) in [6.07, 6.45) is 7.94. The maximum atomic E-state index is 13.0. The van der Waals surface area contributed by atoms with Gasteiger partial charge < -0.3 is 25.6 Å². The lowest BCUT2D eigenvalue weighted by molar-refractivity contribution is -0.116. The molecule has 0 spiro atoms. The number of hydrogen-bond donors (Lipinski definition) is 3. The first-order chi connectivity index (χ1) is 16.0. The molecule has 0 saturated heterocycles. The van der Waals surface area contributed by atoms with Gasteiger partial charge in [-0.3, -0.25) is 19.2 Å². The van der Waals surface area contributed by atoms with Crippen LogP contribution in [0.3, 0.4) is 0 Å². The zero-order chi connectivity index (χ0) is 24.5. The van der Waals surface area contributed by atoms with E-state index in [1.54, 1.807) is 26.2 Å². The monoisotopic (exact) mass is 460 g/mol. The number of benzene rings is 1. The standard InChI is InChI=1S/C24H36N4O5/c1-25-16-21(9-8-14-29)28(2)24(33)22-12-11-20(15-19(22)17-30)27-23(32)10-6-4-3-5-7-13-26-18-31/h11-12,14-15,17-18,21,25H,3-10,13,16H2,1-2H3,(H,26,31)(H,27,32). The highest BCUT2D eigenvalue weighted by Gasteiger charge is 2.22. The summed E-state index contributed by atoms with van der Waals surface area (Å²) >= 11 is 0.